The SMILES string of the molecule is c1ccc(-c2ccc(N(c3ccc4sc5c(-c6ccccc6)ccc(-c6ccccc6)c5c4c3)c3cccc4c3oc3ccccc34)c3c2oc2ccccc23)cc1. The lowest BCUT2D eigenvalue weighted by atomic mass is 9.94. The van der Waals surface area contributed by atoms with Gasteiger partial charge in [0.1, 0.15) is 16.7 Å². The van der Waals surface area contributed by atoms with Gasteiger partial charge in [0.2, 0.25) is 0 Å². The minimum atomic E-state index is 0.836. The van der Waals surface area contributed by atoms with E-state index in [9.17, 15) is 0 Å². The number of fused-ring (bicyclic) bond motifs is 9. The van der Waals surface area contributed by atoms with E-state index in [0.29, 0.717) is 0 Å². The van der Waals surface area contributed by atoms with Crippen molar-refractivity contribution in [2.75, 3.05) is 4.90 Å². The van der Waals surface area contributed by atoms with Gasteiger partial charge < -0.3 is 13.7 Å². The topological polar surface area (TPSA) is 29.5 Å². The standard InChI is InChI=1S/C54H33NO2S/c1-4-15-34(16-5-1)38-28-29-40(36-19-8-3-9-20-36)54-50(38)44-33-37(27-32-49(44)58-54)55(46-24-14-23-42-41-21-10-12-25-47(41)56-52(42)46)45-31-30-39(35-17-6-2-7-18-35)53-51(45)43-22-11-13-26-48(43)57-53/h1-33H. The zero-order chi connectivity index (χ0) is 38.2. The molecule has 0 atom stereocenters. The van der Waals surface area contributed by atoms with E-state index in [-0.39, 0.29) is 0 Å². The molecule has 0 unspecified atom stereocenters. The summed E-state index contributed by atoms with van der Waals surface area (Å²) in [7, 11) is 0. The Bertz CT molecular complexity index is 3510. The second-order valence-electron chi connectivity index (χ2n) is 14.8. The van der Waals surface area contributed by atoms with E-state index in [1.165, 1.54) is 42.4 Å². The van der Waals surface area contributed by atoms with Crippen LogP contribution in [-0.4, -0.2) is 0 Å². The van der Waals surface area contributed by atoms with Crippen molar-refractivity contribution >= 4 is 92.4 Å². The average Bonchev–Trinajstić information content (AvgIpc) is 4.00. The summed E-state index contributed by atoms with van der Waals surface area (Å²) >= 11 is 1.86. The fraction of sp³-hybridized carbons (Fsp3) is 0. The summed E-state index contributed by atoms with van der Waals surface area (Å²) in [5.74, 6) is 0. The fourth-order valence-electron chi connectivity index (χ4n) is 8.87. The minimum Gasteiger partial charge on any atom is -0.455 e. The predicted octanol–water partition coefficient (Wildman–Crippen LogP) is 16.3. The number of hydrogen-bond acceptors (Lipinski definition) is 4. The Hall–Kier alpha value is -7.40. The maximum Gasteiger partial charge on any atom is 0.159 e. The molecule has 3 heterocycles. The van der Waals surface area contributed by atoms with E-state index in [0.717, 1.165) is 72.1 Å². The van der Waals surface area contributed by atoms with Crippen molar-refractivity contribution in [1.29, 1.82) is 0 Å². The number of rotatable bonds is 6. The number of benzene rings is 9. The molecule has 0 bridgehead atoms. The molecule has 272 valence electrons. The molecule has 0 amide bonds. The lowest BCUT2D eigenvalue weighted by Gasteiger charge is -2.27. The molecule has 9 aromatic carbocycles. The largest absolute Gasteiger partial charge is 0.455 e. The molecule has 12 rings (SSSR count). The van der Waals surface area contributed by atoms with Crippen molar-refractivity contribution in [3.63, 3.8) is 0 Å². The van der Waals surface area contributed by atoms with Crippen LogP contribution in [0.4, 0.5) is 17.1 Å². The zero-order valence-corrected chi connectivity index (χ0v) is 32.0. The van der Waals surface area contributed by atoms with E-state index in [2.05, 4.69) is 193 Å². The molecule has 3 aromatic heterocycles. The molecule has 58 heavy (non-hydrogen) atoms. The number of hydrogen-bond donors (Lipinski definition) is 0. The van der Waals surface area contributed by atoms with Crippen molar-refractivity contribution in [3.8, 4) is 33.4 Å². The van der Waals surface area contributed by atoms with Crippen LogP contribution in [0.25, 0.3) is 97.4 Å². The van der Waals surface area contributed by atoms with Crippen LogP contribution in [0.5, 0.6) is 0 Å². The van der Waals surface area contributed by atoms with Crippen LogP contribution in [0, 0.1) is 0 Å². The van der Waals surface area contributed by atoms with E-state index in [1.54, 1.807) is 0 Å². The van der Waals surface area contributed by atoms with Crippen LogP contribution >= 0.6 is 11.3 Å². The summed E-state index contributed by atoms with van der Waals surface area (Å²) < 4.78 is 16.1. The second-order valence-corrected chi connectivity index (χ2v) is 15.8. The molecular weight excluding hydrogens is 727 g/mol. The Morgan fingerprint density at radius 2 is 0.931 bits per heavy atom. The van der Waals surface area contributed by atoms with Gasteiger partial charge in [-0.15, -0.1) is 11.3 Å². The number of furan rings is 2. The van der Waals surface area contributed by atoms with Crippen LogP contribution in [0.15, 0.2) is 209 Å². The van der Waals surface area contributed by atoms with Crippen molar-refractivity contribution in [2.24, 2.45) is 0 Å². The van der Waals surface area contributed by atoms with Gasteiger partial charge >= 0.3 is 0 Å². The molecule has 3 nitrogen and oxygen atoms in total. The van der Waals surface area contributed by atoms with Crippen molar-refractivity contribution in [1.82, 2.24) is 0 Å². The fourth-order valence-corrected chi connectivity index (χ4v) is 10.1. The lowest BCUT2D eigenvalue weighted by molar-refractivity contribution is 0.668. The van der Waals surface area contributed by atoms with E-state index >= 15 is 0 Å². The smallest absolute Gasteiger partial charge is 0.159 e. The maximum absolute atomic E-state index is 6.82. The number of nitrogens with zero attached hydrogens (tertiary/aromatic N) is 1. The highest BCUT2D eigenvalue weighted by atomic mass is 32.1. The molecule has 0 saturated carbocycles. The van der Waals surface area contributed by atoms with Gasteiger partial charge in [0.05, 0.1) is 16.8 Å². The molecule has 4 heteroatoms. The van der Waals surface area contributed by atoms with E-state index in [4.69, 9.17) is 8.83 Å². The molecule has 0 fully saturated rings. The molecule has 12 aromatic rings. The number of para-hydroxylation sites is 3. The van der Waals surface area contributed by atoms with Crippen molar-refractivity contribution in [2.45, 2.75) is 0 Å². The molecule has 0 aliphatic rings. The summed E-state index contributed by atoms with van der Waals surface area (Å²) in [6, 6.07) is 71.2. The van der Waals surface area contributed by atoms with E-state index in [1.807, 2.05) is 23.5 Å². The van der Waals surface area contributed by atoms with E-state index < -0.39 is 0 Å². The Morgan fingerprint density at radius 3 is 1.67 bits per heavy atom. The Morgan fingerprint density at radius 1 is 0.362 bits per heavy atom. The Balaban J connectivity index is 1.19. The summed E-state index contributed by atoms with van der Waals surface area (Å²) in [5, 5.41) is 6.76. The molecule has 0 saturated heterocycles. The normalized spacial score (nSPS) is 11.8. The lowest BCUT2D eigenvalue weighted by Crippen LogP contribution is -2.10. The van der Waals surface area contributed by atoms with Gasteiger partial charge in [0.15, 0.2) is 5.58 Å². The summed E-state index contributed by atoms with van der Waals surface area (Å²) in [6.45, 7) is 0. The molecule has 0 spiro atoms. The minimum absolute atomic E-state index is 0.836. The predicted molar refractivity (Wildman–Crippen MR) is 245 cm³/mol. The number of thiophene rings is 1. The third kappa shape index (κ3) is 5.05. The van der Waals surface area contributed by atoms with Crippen molar-refractivity contribution < 1.29 is 8.83 Å². The van der Waals surface area contributed by atoms with Gasteiger partial charge in [-0.3, -0.25) is 0 Å². The van der Waals surface area contributed by atoms with Gasteiger partial charge in [-0.2, -0.15) is 0 Å². The maximum atomic E-state index is 6.82. The zero-order valence-electron chi connectivity index (χ0n) is 31.2. The number of anilines is 3. The molecular formula is C54H33NO2S. The van der Waals surface area contributed by atoms with Crippen LogP contribution in [0.1, 0.15) is 0 Å². The quantitative estimate of drug-likeness (QED) is 0.169. The molecule has 0 N–H and O–H groups in total. The van der Waals surface area contributed by atoms with Crippen LogP contribution in [-0.2, 0) is 0 Å². The summed E-state index contributed by atoms with van der Waals surface area (Å²) in [5.41, 5.74) is 13.4. The highest BCUT2D eigenvalue weighted by molar-refractivity contribution is 7.26. The second kappa shape index (κ2) is 13.1. The first-order valence-corrected chi connectivity index (χ1v) is 20.4. The molecule has 0 aliphatic carbocycles. The van der Waals surface area contributed by atoms with Gasteiger partial charge in [-0.1, -0.05) is 152 Å². The Labute approximate surface area is 338 Å². The first kappa shape index (κ1) is 32.8. The highest BCUT2D eigenvalue weighted by Gasteiger charge is 2.26. The van der Waals surface area contributed by atoms with Crippen LogP contribution < -0.4 is 4.90 Å². The Kier molecular flexibility index (Phi) is 7.40. The first-order chi connectivity index (χ1) is 28.8. The first-order valence-electron chi connectivity index (χ1n) is 19.6. The van der Waals surface area contributed by atoms with Gasteiger partial charge in [0, 0.05) is 47.6 Å². The van der Waals surface area contributed by atoms with Gasteiger partial charge in [-0.05, 0) is 76.3 Å². The highest BCUT2D eigenvalue weighted by Crippen LogP contribution is 2.51. The van der Waals surface area contributed by atoms with Crippen molar-refractivity contribution in [3.05, 3.63) is 200 Å². The monoisotopic (exact) mass is 759 g/mol. The third-order valence-corrected chi connectivity index (χ3v) is 12.7. The van der Waals surface area contributed by atoms with Gasteiger partial charge in [0.25, 0.3) is 0 Å². The van der Waals surface area contributed by atoms with Crippen LogP contribution in [0.2, 0.25) is 0 Å². The average molecular weight is 760 g/mol. The van der Waals surface area contributed by atoms with Crippen LogP contribution in [0.3, 0.4) is 0 Å². The summed E-state index contributed by atoms with van der Waals surface area (Å²) in [6.07, 6.45) is 0. The molecule has 0 aliphatic heterocycles. The van der Waals surface area contributed by atoms with Gasteiger partial charge in [-0.25, -0.2) is 0 Å². The summed E-state index contributed by atoms with van der Waals surface area (Å²) in [4.78, 5) is 2.38. The molecule has 0 radical (unpaired) electrons. The third-order valence-electron chi connectivity index (χ3n) is 11.5.